The summed E-state index contributed by atoms with van der Waals surface area (Å²) in [6, 6.07) is 9.61. The van der Waals surface area contributed by atoms with Crippen LogP contribution < -0.4 is 14.8 Å². The molecular formula is C20H18ClFN2O6. The number of rotatable bonds is 7. The highest BCUT2D eigenvalue weighted by molar-refractivity contribution is 6.30. The quantitative estimate of drug-likeness (QED) is 0.561. The maximum Gasteiger partial charge on any atom is 0.328 e. The molecule has 2 aromatic rings. The second kappa shape index (κ2) is 12.1. The molecular weight excluding hydrogens is 419 g/mol. The van der Waals surface area contributed by atoms with E-state index in [0.29, 0.717) is 30.2 Å². The molecule has 2 aromatic carbocycles. The van der Waals surface area contributed by atoms with Crippen molar-refractivity contribution in [2.24, 2.45) is 0 Å². The Hall–Kier alpha value is -3.61. The van der Waals surface area contributed by atoms with E-state index in [0.717, 1.165) is 11.6 Å². The first-order valence-corrected chi connectivity index (χ1v) is 8.62. The first-order chi connectivity index (χ1) is 14.2. The van der Waals surface area contributed by atoms with Crippen molar-refractivity contribution in [1.29, 1.82) is 5.26 Å². The molecule has 3 N–H and O–H groups in total. The second-order valence-corrected chi connectivity index (χ2v) is 5.87. The smallest absolute Gasteiger partial charge is 0.328 e. The van der Waals surface area contributed by atoms with Crippen LogP contribution in [-0.4, -0.2) is 36.3 Å². The summed E-state index contributed by atoms with van der Waals surface area (Å²) in [5.74, 6) is -2.04. The zero-order valence-electron chi connectivity index (χ0n) is 16.0. The minimum absolute atomic E-state index is 0.0583. The Morgan fingerprint density at radius 2 is 1.87 bits per heavy atom. The highest BCUT2D eigenvalue weighted by Crippen LogP contribution is 2.37. The molecule has 0 amide bonds. The average molecular weight is 437 g/mol. The van der Waals surface area contributed by atoms with Crippen LogP contribution in [0.5, 0.6) is 17.2 Å². The van der Waals surface area contributed by atoms with Gasteiger partial charge in [-0.15, -0.1) is 0 Å². The molecule has 0 aromatic heterocycles. The van der Waals surface area contributed by atoms with E-state index in [2.05, 4.69) is 5.32 Å². The summed E-state index contributed by atoms with van der Waals surface area (Å²) < 4.78 is 24.5. The van der Waals surface area contributed by atoms with Gasteiger partial charge < -0.3 is 25.0 Å². The molecule has 0 fully saturated rings. The van der Waals surface area contributed by atoms with Crippen LogP contribution in [0.3, 0.4) is 0 Å². The maximum atomic E-state index is 13.4. The van der Waals surface area contributed by atoms with E-state index in [1.807, 2.05) is 25.2 Å². The normalized spacial score (nSPS) is 9.97. The van der Waals surface area contributed by atoms with Gasteiger partial charge in [0.25, 0.3) is 0 Å². The highest BCUT2D eigenvalue weighted by Gasteiger charge is 2.15. The average Bonchev–Trinajstić information content (AvgIpc) is 2.70. The van der Waals surface area contributed by atoms with E-state index < -0.39 is 17.8 Å². The topological polar surface area (TPSA) is 129 Å². The van der Waals surface area contributed by atoms with Gasteiger partial charge in [0.15, 0.2) is 11.5 Å². The molecule has 0 aliphatic carbocycles. The van der Waals surface area contributed by atoms with Gasteiger partial charge in [-0.3, -0.25) is 0 Å². The molecule has 0 bridgehead atoms. The first kappa shape index (κ1) is 24.4. The molecule has 0 spiro atoms. The molecule has 0 heterocycles. The van der Waals surface area contributed by atoms with E-state index >= 15 is 0 Å². The Kier molecular flexibility index (Phi) is 9.82. The van der Waals surface area contributed by atoms with Crippen LogP contribution in [0.1, 0.15) is 11.1 Å². The largest absolute Gasteiger partial charge is 0.492 e. The number of halogens is 2. The Morgan fingerprint density at radius 3 is 2.37 bits per heavy atom. The first-order valence-electron chi connectivity index (χ1n) is 8.24. The van der Waals surface area contributed by atoms with Crippen LogP contribution in [0.25, 0.3) is 0 Å². The number of nitrogens with zero attached hydrogens (tertiary/aromatic N) is 1. The van der Waals surface area contributed by atoms with Gasteiger partial charge in [0.1, 0.15) is 17.6 Å². The highest BCUT2D eigenvalue weighted by atomic mass is 35.5. The van der Waals surface area contributed by atoms with E-state index in [1.165, 1.54) is 13.2 Å². The van der Waals surface area contributed by atoms with Crippen LogP contribution in [0.15, 0.2) is 42.5 Å². The number of nitrogens with one attached hydrogen (secondary N) is 1. The number of nitriles is 1. The SMILES string of the molecule is CNCc1cccc(Oc2cc(Cl)c(F)cc2C#N)c1OC.O=C(O)/C=C/C(=O)O. The lowest BCUT2D eigenvalue weighted by Crippen LogP contribution is -2.07. The minimum atomic E-state index is -1.26. The van der Waals surface area contributed by atoms with E-state index in [-0.39, 0.29) is 16.3 Å². The molecule has 8 nitrogen and oxygen atoms in total. The Morgan fingerprint density at radius 1 is 1.23 bits per heavy atom. The Labute approximate surface area is 176 Å². The maximum absolute atomic E-state index is 13.4. The summed E-state index contributed by atoms with van der Waals surface area (Å²) in [4.78, 5) is 19.1. The molecule has 0 atom stereocenters. The van der Waals surface area contributed by atoms with Crippen molar-refractivity contribution >= 4 is 23.5 Å². The van der Waals surface area contributed by atoms with Gasteiger partial charge >= 0.3 is 11.9 Å². The number of ether oxygens (including phenoxy) is 2. The molecule has 158 valence electrons. The Bertz CT molecular complexity index is 972. The van der Waals surface area contributed by atoms with Crippen LogP contribution in [0, 0.1) is 17.1 Å². The van der Waals surface area contributed by atoms with Gasteiger partial charge in [0.2, 0.25) is 0 Å². The van der Waals surface area contributed by atoms with Crippen molar-refractivity contribution in [3.8, 4) is 23.3 Å². The van der Waals surface area contributed by atoms with Gasteiger partial charge in [0, 0.05) is 30.3 Å². The summed E-state index contributed by atoms with van der Waals surface area (Å²) in [5.41, 5.74) is 0.956. The Balaban J connectivity index is 0.000000479. The number of aliphatic carboxylic acids is 2. The number of benzene rings is 2. The molecule has 0 aliphatic rings. The van der Waals surface area contributed by atoms with Gasteiger partial charge in [0.05, 0.1) is 17.7 Å². The number of carboxylic acids is 2. The van der Waals surface area contributed by atoms with E-state index in [4.69, 9.17) is 36.5 Å². The zero-order chi connectivity index (χ0) is 22.7. The van der Waals surface area contributed by atoms with Crippen molar-refractivity contribution in [1.82, 2.24) is 5.32 Å². The predicted octanol–water partition coefficient (Wildman–Crippen LogP) is 3.58. The van der Waals surface area contributed by atoms with Gasteiger partial charge in [-0.05, 0) is 19.2 Å². The molecule has 0 saturated carbocycles. The lowest BCUT2D eigenvalue weighted by Gasteiger charge is -2.15. The van der Waals surface area contributed by atoms with Gasteiger partial charge in [-0.2, -0.15) is 5.26 Å². The molecule has 0 unspecified atom stereocenters. The number of carboxylic acid groups (broad SMARTS) is 2. The third-order valence-corrected chi connectivity index (χ3v) is 3.65. The fourth-order valence-electron chi connectivity index (χ4n) is 2.16. The summed E-state index contributed by atoms with van der Waals surface area (Å²) in [6.07, 6.45) is 1.12. The fraction of sp³-hybridized carbons (Fsp3) is 0.150. The minimum Gasteiger partial charge on any atom is -0.492 e. The lowest BCUT2D eigenvalue weighted by molar-refractivity contribution is -0.134. The number of methoxy groups -OCH3 is 1. The van der Waals surface area contributed by atoms with Crippen LogP contribution in [0.2, 0.25) is 5.02 Å². The summed E-state index contributed by atoms with van der Waals surface area (Å²) in [7, 11) is 3.35. The van der Waals surface area contributed by atoms with Crippen molar-refractivity contribution in [2.45, 2.75) is 6.54 Å². The summed E-state index contributed by atoms with van der Waals surface area (Å²) in [5, 5.41) is 27.6. The van der Waals surface area contributed by atoms with Gasteiger partial charge in [-0.25, -0.2) is 14.0 Å². The lowest BCUT2D eigenvalue weighted by atomic mass is 10.1. The van der Waals surface area contributed by atoms with Crippen molar-refractivity contribution in [3.63, 3.8) is 0 Å². The number of hydrogen-bond donors (Lipinski definition) is 3. The summed E-state index contributed by atoms with van der Waals surface area (Å²) in [6.45, 7) is 0.593. The zero-order valence-corrected chi connectivity index (χ0v) is 16.7. The number of hydrogen-bond acceptors (Lipinski definition) is 6. The van der Waals surface area contributed by atoms with E-state index in [9.17, 15) is 14.0 Å². The van der Waals surface area contributed by atoms with Crippen LogP contribution in [-0.2, 0) is 16.1 Å². The molecule has 10 heteroatoms. The summed E-state index contributed by atoms with van der Waals surface area (Å²) >= 11 is 5.76. The molecule has 0 aliphatic heterocycles. The third kappa shape index (κ3) is 7.43. The molecule has 0 radical (unpaired) electrons. The third-order valence-electron chi connectivity index (χ3n) is 3.36. The van der Waals surface area contributed by atoms with Crippen LogP contribution >= 0.6 is 11.6 Å². The molecule has 2 rings (SSSR count). The second-order valence-electron chi connectivity index (χ2n) is 5.47. The molecule has 0 saturated heterocycles. The number of carbonyl (C=O) groups is 2. The van der Waals surface area contributed by atoms with Crippen molar-refractivity contribution in [3.05, 3.63) is 64.5 Å². The van der Waals surface area contributed by atoms with Gasteiger partial charge in [-0.1, -0.05) is 23.7 Å². The van der Waals surface area contributed by atoms with Crippen molar-refractivity contribution < 1.29 is 33.7 Å². The fourth-order valence-corrected chi connectivity index (χ4v) is 2.32. The van der Waals surface area contributed by atoms with Crippen LogP contribution in [0.4, 0.5) is 4.39 Å². The van der Waals surface area contributed by atoms with Crippen molar-refractivity contribution in [2.75, 3.05) is 14.2 Å². The standard InChI is InChI=1S/C16H14ClFN2O2.C4H4O4/c1-20-9-10-4-3-5-14(16(10)21-2)22-15-7-12(17)13(18)6-11(15)8-19;5-3(6)1-2-4(7)8/h3-7,20H,9H2,1-2H3;1-2H,(H,5,6)(H,7,8)/b;2-1+. The monoisotopic (exact) mass is 436 g/mol. The predicted molar refractivity (Wildman–Crippen MR) is 106 cm³/mol. The number of para-hydroxylation sites is 1. The molecule has 30 heavy (non-hydrogen) atoms. The van der Waals surface area contributed by atoms with E-state index in [1.54, 1.807) is 6.07 Å².